The second kappa shape index (κ2) is 20.0. The number of rotatable bonds is 14. The van der Waals surface area contributed by atoms with Crippen molar-refractivity contribution in [1.29, 1.82) is 0 Å². The molecule has 0 spiro atoms. The first-order valence-electron chi connectivity index (χ1n) is 9.91. The molecule has 0 saturated heterocycles. The molecule has 1 unspecified atom stereocenters. The Morgan fingerprint density at radius 1 is 0.792 bits per heavy atom. The minimum atomic E-state index is -0.618. The van der Waals surface area contributed by atoms with E-state index in [2.05, 4.69) is 20.8 Å². The zero-order chi connectivity index (χ0) is 18.6. The predicted molar refractivity (Wildman–Crippen MR) is 100 cm³/mol. The summed E-state index contributed by atoms with van der Waals surface area (Å²) >= 11 is 0. The lowest BCUT2D eigenvalue weighted by Crippen LogP contribution is -2.13. The van der Waals surface area contributed by atoms with E-state index >= 15 is 0 Å². The molecule has 0 aromatic carbocycles. The van der Waals surface area contributed by atoms with Crippen LogP contribution in [-0.4, -0.2) is 23.7 Å². The van der Waals surface area contributed by atoms with Crippen LogP contribution in [0.5, 0.6) is 0 Å². The van der Waals surface area contributed by atoms with Crippen LogP contribution < -0.4 is 0 Å². The summed E-state index contributed by atoms with van der Waals surface area (Å²) in [7, 11) is 0. The van der Waals surface area contributed by atoms with Gasteiger partial charge in [0.15, 0.2) is 0 Å². The van der Waals surface area contributed by atoms with Crippen molar-refractivity contribution in [3.63, 3.8) is 0 Å². The smallest absolute Gasteiger partial charge is 0.306 e. The van der Waals surface area contributed by atoms with Gasteiger partial charge in [0.05, 0.1) is 12.5 Å². The number of carboxylic acid groups (broad SMARTS) is 1. The van der Waals surface area contributed by atoms with Gasteiger partial charge in [0, 0.05) is 6.42 Å². The molecule has 0 aromatic heterocycles. The molecule has 0 saturated carbocycles. The van der Waals surface area contributed by atoms with E-state index in [4.69, 9.17) is 9.84 Å². The number of unbranched alkanes of at least 4 members (excludes halogenated alkanes) is 5. The minimum Gasteiger partial charge on any atom is -0.481 e. The molecule has 0 amide bonds. The number of esters is 1. The van der Waals surface area contributed by atoms with E-state index in [1.165, 1.54) is 12.8 Å². The molecule has 24 heavy (non-hydrogen) atoms. The van der Waals surface area contributed by atoms with Gasteiger partial charge in [-0.25, -0.2) is 0 Å². The zero-order valence-electron chi connectivity index (χ0n) is 16.4. The highest BCUT2D eigenvalue weighted by atomic mass is 16.5. The van der Waals surface area contributed by atoms with Gasteiger partial charge in [0.1, 0.15) is 0 Å². The normalized spacial score (nSPS) is 11.3. The molecule has 1 atom stereocenters. The van der Waals surface area contributed by atoms with Crippen LogP contribution in [0.3, 0.4) is 0 Å². The molecule has 0 aliphatic carbocycles. The van der Waals surface area contributed by atoms with Crippen LogP contribution in [0.25, 0.3) is 0 Å². The molecule has 0 aliphatic heterocycles. The van der Waals surface area contributed by atoms with Gasteiger partial charge < -0.3 is 9.84 Å². The van der Waals surface area contributed by atoms with Crippen LogP contribution >= 0.6 is 0 Å². The largest absolute Gasteiger partial charge is 0.481 e. The van der Waals surface area contributed by atoms with Crippen molar-refractivity contribution in [2.24, 2.45) is 5.92 Å². The van der Waals surface area contributed by atoms with Crippen LogP contribution in [-0.2, 0) is 14.3 Å². The summed E-state index contributed by atoms with van der Waals surface area (Å²) in [6.45, 7) is 8.99. The molecular weight excluding hydrogens is 304 g/mol. The Hall–Kier alpha value is -1.06. The third kappa shape index (κ3) is 19.0. The van der Waals surface area contributed by atoms with E-state index in [9.17, 15) is 9.59 Å². The van der Waals surface area contributed by atoms with Gasteiger partial charge in [-0.2, -0.15) is 0 Å². The molecule has 0 aliphatic rings. The van der Waals surface area contributed by atoms with Gasteiger partial charge >= 0.3 is 11.9 Å². The van der Waals surface area contributed by atoms with Crippen LogP contribution in [0.15, 0.2) is 0 Å². The maximum atomic E-state index is 10.9. The molecule has 0 heterocycles. The average Bonchev–Trinajstić information content (AvgIpc) is 2.56. The van der Waals surface area contributed by atoms with E-state index in [0.717, 1.165) is 57.8 Å². The maximum Gasteiger partial charge on any atom is 0.306 e. The van der Waals surface area contributed by atoms with Crippen molar-refractivity contribution in [3.8, 4) is 0 Å². The highest BCUT2D eigenvalue weighted by Crippen LogP contribution is 2.15. The van der Waals surface area contributed by atoms with Crippen molar-refractivity contribution >= 4 is 11.9 Å². The Kier molecular flexibility index (Phi) is 21.0. The van der Waals surface area contributed by atoms with Gasteiger partial charge in [-0.1, -0.05) is 72.6 Å². The lowest BCUT2D eigenvalue weighted by atomic mass is 9.97. The first kappa shape index (κ1) is 25.2. The van der Waals surface area contributed by atoms with Gasteiger partial charge in [0.25, 0.3) is 0 Å². The fourth-order valence-corrected chi connectivity index (χ4v) is 2.31. The van der Waals surface area contributed by atoms with E-state index in [1.807, 2.05) is 6.92 Å². The Morgan fingerprint density at radius 2 is 1.38 bits per heavy atom. The van der Waals surface area contributed by atoms with E-state index in [-0.39, 0.29) is 11.9 Å². The van der Waals surface area contributed by atoms with Crippen LogP contribution in [0.1, 0.15) is 105 Å². The summed E-state index contributed by atoms with van der Waals surface area (Å²) in [5, 5.41) is 8.80. The third-order valence-electron chi connectivity index (χ3n) is 3.89. The summed E-state index contributed by atoms with van der Waals surface area (Å²) in [5.41, 5.74) is 0. The number of carbonyl (C=O) groups excluding carboxylic acids is 1. The van der Waals surface area contributed by atoms with E-state index < -0.39 is 5.97 Å². The summed E-state index contributed by atoms with van der Waals surface area (Å²) in [6, 6.07) is 0. The van der Waals surface area contributed by atoms with Crippen molar-refractivity contribution in [1.82, 2.24) is 0 Å². The van der Waals surface area contributed by atoms with Crippen molar-refractivity contribution in [3.05, 3.63) is 0 Å². The highest BCUT2D eigenvalue weighted by molar-refractivity contribution is 5.69. The van der Waals surface area contributed by atoms with Crippen LogP contribution in [0.4, 0.5) is 0 Å². The Balaban J connectivity index is 0. The third-order valence-corrected chi connectivity index (χ3v) is 3.89. The van der Waals surface area contributed by atoms with Crippen molar-refractivity contribution < 1.29 is 19.4 Å². The predicted octanol–water partition coefficient (Wildman–Crippen LogP) is 5.98. The van der Waals surface area contributed by atoms with Crippen molar-refractivity contribution in [2.75, 3.05) is 6.61 Å². The maximum absolute atomic E-state index is 10.9. The van der Waals surface area contributed by atoms with Crippen LogP contribution in [0.2, 0.25) is 0 Å². The van der Waals surface area contributed by atoms with Crippen LogP contribution in [0, 0.1) is 5.92 Å². The number of carbonyl (C=O) groups is 2. The number of aliphatic carboxylic acids is 1. The summed E-state index contributed by atoms with van der Waals surface area (Å²) in [6.07, 6.45) is 12.0. The molecule has 0 radical (unpaired) electrons. The first-order chi connectivity index (χ1) is 11.5. The van der Waals surface area contributed by atoms with Crippen molar-refractivity contribution in [2.45, 2.75) is 105 Å². The zero-order valence-corrected chi connectivity index (χ0v) is 16.4. The van der Waals surface area contributed by atoms with E-state index in [0.29, 0.717) is 13.0 Å². The fraction of sp³-hybridized carbons (Fsp3) is 0.900. The molecule has 0 bridgehead atoms. The molecular formula is C20H40O4. The molecule has 0 fully saturated rings. The van der Waals surface area contributed by atoms with Gasteiger partial charge in [-0.3, -0.25) is 9.59 Å². The van der Waals surface area contributed by atoms with Gasteiger partial charge in [-0.05, 0) is 25.7 Å². The minimum absolute atomic E-state index is 0.0343. The number of ether oxygens (including phenoxy) is 1. The number of carboxylic acids is 1. The van der Waals surface area contributed by atoms with Gasteiger partial charge in [-0.15, -0.1) is 0 Å². The average molecular weight is 345 g/mol. The Morgan fingerprint density at radius 3 is 1.88 bits per heavy atom. The topological polar surface area (TPSA) is 63.6 Å². The fourth-order valence-electron chi connectivity index (χ4n) is 2.31. The lowest BCUT2D eigenvalue weighted by molar-refractivity contribution is -0.144. The summed E-state index contributed by atoms with van der Waals surface area (Å²) in [4.78, 5) is 21.6. The molecule has 0 rings (SSSR count). The first-order valence-corrected chi connectivity index (χ1v) is 9.91. The van der Waals surface area contributed by atoms with E-state index in [1.54, 1.807) is 0 Å². The standard InChI is InChI=1S/2C10H20O2/c1-3-5-6-8-9(7-4-2)10(11)12;1-3-5-7-9-12-10(11)8-6-4-2/h9H,3-8H2,1-2H3,(H,11,12);3-9H2,1-2H3. The number of hydrogen-bond acceptors (Lipinski definition) is 3. The van der Waals surface area contributed by atoms with Gasteiger partial charge in [0.2, 0.25) is 0 Å². The molecule has 4 nitrogen and oxygen atoms in total. The second-order valence-corrected chi connectivity index (χ2v) is 6.35. The SMILES string of the molecule is CCCCCC(CCC)C(=O)O.CCCCCOC(=O)CCCC. The monoisotopic (exact) mass is 344 g/mol. The molecule has 4 heteroatoms. The highest BCUT2D eigenvalue weighted by Gasteiger charge is 2.14. The summed E-state index contributed by atoms with van der Waals surface area (Å²) < 4.78 is 5.01. The Bertz CT molecular complexity index is 287. The molecule has 1 N–H and O–H groups in total. The summed E-state index contributed by atoms with van der Waals surface area (Å²) in [5.74, 6) is -0.748. The second-order valence-electron chi connectivity index (χ2n) is 6.35. The Labute approximate surface area is 149 Å². The quantitative estimate of drug-likeness (QED) is 0.311. The lowest BCUT2D eigenvalue weighted by Gasteiger charge is -2.09. The molecule has 144 valence electrons. The number of hydrogen-bond donors (Lipinski definition) is 1. The molecule has 0 aromatic rings.